The van der Waals surface area contributed by atoms with Gasteiger partial charge in [0.05, 0.1) is 0 Å². The van der Waals surface area contributed by atoms with Crippen molar-refractivity contribution in [2.24, 2.45) is 11.5 Å². The van der Waals surface area contributed by atoms with Gasteiger partial charge in [-0.25, -0.2) is 0 Å². The van der Waals surface area contributed by atoms with E-state index in [4.69, 9.17) is 22.9 Å². The van der Waals surface area contributed by atoms with Crippen molar-refractivity contribution in [3.63, 3.8) is 0 Å². The lowest BCUT2D eigenvalue weighted by atomic mass is 10.2. The Morgan fingerprint density at radius 2 is 0.938 bits per heavy atom. The number of unbranched alkanes of at least 4 members (excludes halogenated alkanes) is 3. The molecule has 0 saturated carbocycles. The first-order valence-corrected chi connectivity index (χ1v) is 5.72. The Kier molecular flexibility index (Phi) is 9.46. The maximum Gasteiger partial charge on any atom is 0.0315 e. The van der Waals surface area contributed by atoms with Crippen LogP contribution in [0.4, 0.5) is 11.4 Å². The third kappa shape index (κ3) is 9.30. The lowest BCUT2D eigenvalue weighted by Gasteiger charge is -1.94. The molecule has 8 N–H and O–H groups in total. The van der Waals surface area contributed by atoms with E-state index in [1.165, 1.54) is 12.8 Å². The van der Waals surface area contributed by atoms with Gasteiger partial charge in [-0.2, -0.15) is 0 Å². The number of rotatable bonds is 5. The summed E-state index contributed by atoms with van der Waals surface area (Å²) in [5.41, 5.74) is 22.8. The summed E-state index contributed by atoms with van der Waals surface area (Å²) in [7, 11) is 0. The standard InChI is InChI=1S/C6H8N2.C6H16N2/c7-5-1-2-6(8)4-3-5;7-5-3-1-2-4-6-8/h1-4H,7-8H2;1-8H2. The molecule has 0 aliphatic heterocycles. The van der Waals surface area contributed by atoms with E-state index in [-0.39, 0.29) is 0 Å². The van der Waals surface area contributed by atoms with Crippen molar-refractivity contribution in [1.29, 1.82) is 0 Å². The number of benzene rings is 1. The second-order valence-corrected chi connectivity index (χ2v) is 3.66. The molecule has 0 aromatic heterocycles. The van der Waals surface area contributed by atoms with Gasteiger partial charge in [0.1, 0.15) is 0 Å². The molecule has 1 rings (SSSR count). The Hall–Kier alpha value is -1.26. The van der Waals surface area contributed by atoms with Crippen molar-refractivity contribution in [3.8, 4) is 0 Å². The van der Waals surface area contributed by atoms with E-state index in [1.807, 2.05) is 0 Å². The SMILES string of the molecule is NCCCCCCN.Nc1ccc(N)cc1. The predicted molar refractivity (Wildman–Crippen MR) is 71.8 cm³/mol. The van der Waals surface area contributed by atoms with Crippen molar-refractivity contribution in [3.05, 3.63) is 24.3 Å². The summed E-state index contributed by atoms with van der Waals surface area (Å²) < 4.78 is 0. The van der Waals surface area contributed by atoms with Crippen LogP contribution in [0, 0.1) is 0 Å². The number of nitrogens with two attached hydrogens (primary N) is 4. The van der Waals surface area contributed by atoms with Crippen molar-refractivity contribution >= 4 is 11.4 Å². The Morgan fingerprint density at radius 1 is 0.625 bits per heavy atom. The number of anilines is 2. The number of hydrogen-bond acceptors (Lipinski definition) is 4. The van der Waals surface area contributed by atoms with Crippen molar-refractivity contribution in [1.82, 2.24) is 0 Å². The first kappa shape index (κ1) is 14.7. The summed E-state index contributed by atoms with van der Waals surface area (Å²) in [6.45, 7) is 1.65. The van der Waals surface area contributed by atoms with Gasteiger partial charge in [-0.1, -0.05) is 12.8 Å². The number of hydrogen-bond donors (Lipinski definition) is 4. The zero-order chi connectivity index (χ0) is 12.2. The van der Waals surface area contributed by atoms with Crippen LogP contribution in [0.1, 0.15) is 25.7 Å². The fourth-order valence-electron chi connectivity index (χ4n) is 1.14. The molecule has 0 aliphatic carbocycles. The maximum absolute atomic E-state index is 5.37. The molecule has 1 aromatic carbocycles. The normalized spacial score (nSPS) is 9.38. The molecule has 0 bridgehead atoms. The molecular weight excluding hydrogens is 200 g/mol. The molecule has 0 unspecified atom stereocenters. The van der Waals surface area contributed by atoms with E-state index in [1.54, 1.807) is 24.3 Å². The van der Waals surface area contributed by atoms with Gasteiger partial charge in [0.25, 0.3) is 0 Å². The molecule has 0 saturated heterocycles. The molecule has 4 heteroatoms. The minimum absolute atomic E-state index is 0.749. The quantitative estimate of drug-likeness (QED) is 0.447. The van der Waals surface area contributed by atoms with Crippen molar-refractivity contribution in [2.45, 2.75) is 25.7 Å². The van der Waals surface area contributed by atoms with Crippen LogP contribution in [-0.2, 0) is 0 Å². The van der Waals surface area contributed by atoms with Gasteiger partial charge in [-0.3, -0.25) is 0 Å². The molecule has 0 amide bonds. The minimum atomic E-state index is 0.749. The van der Waals surface area contributed by atoms with Gasteiger partial charge in [0, 0.05) is 11.4 Å². The number of nitrogen functional groups attached to an aromatic ring is 2. The Morgan fingerprint density at radius 3 is 1.19 bits per heavy atom. The first-order valence-electron chi connectivity index (χ1n) is 5.72. The van der Waals surface area contributed by atoms with Crippen LogP contribution in [0.5, 0.6) is 0 Å². The second kappa shape index (κ2) is 10.3. The van der Waals surface area contributed by atoms with Crippen LogP contribution in [0.2, 0.25) is 0 Å². The van der Waals surface area contributed by atoms with Gasteiger partial charge in [-0.15, -0.1) is 0 Å². The lowest BCUT2D eigenvalue weighted by molar-refractivity contribution is 0.653. The van der Waals surface area contributed by atoms with E-state index < -0.39 is 0 Å². The van der Waals surface area contributed by atoms with Crippen LogP contribution in [0.3, 0.4) is 0 Å². The first-order chi connectivity index (χ1) is 7.70. The summed E-state index contributed by atoms with van der Waals surface area (Å²) >= 11 is 0. The monoisotopic (exact) mass is 224 g/mol. The van der Waals surface area contributed by atoms with Crippen LogP contribution in [0.15, 0.2) is 24.3 Å². The minimum Gasteiger partial charge on any atom is -0.399 e. The lowest BCUT2D eigenvalue weighted by Crippen LogP contribution is -2.00. The third-order valence-electron chi connectivity index (χ3n) is 2.09. The van der Waals surface area contributed by atoms with Crippen LogP contribution in [0.25, 0.3) is 0 Å². The summed E-state index contributed by atoms with van der Waals surface area (Å²) in [5, 5.41) is 0. The topological polar surface area (TPSA) is 104 Å². The van der Waals surface area contributed by atoms with Crippen LogP contribution in [-0.4, -0.2) is 13.1 Å². The molecule has 0 radical (unpaired) electrons. The predicted octanol–water partition coefficient (Wildman–Crippen LogP) is 1.32. The van der Waals surface area contributed by atoms with Gasteiger partial charge < -0.3 is 22.9 Å². The molecule has 1 aromatic rings. The fraction of sp³-hybridized carbons (Fsp3) is 0.500. The zero-order valence-corrected chi connectivity index (χ0v) is 9.86. The van der Waals surface area contributed by atoms with Gasteiger partial charge >= 0.3 is 0 Å². The molecule has 0 spiro atoms. The van der Waals surface area contributed by atoms with Crippen molar-refractivity contribution < 1.29 is 0 Å². The highest BCUT2D eigenvalue weighted by atomic mass is 14.6. The van der Waals surface area contributed by atoms with E-state index in [0.29, 0.717) is 0 Å². The average Bonchev–Trinajstić information content (AvgIpc) is 2.30. The molecular formula is C12H24N4. The van der Waals surface area contributed by atoms with Crippen molar-refractivity contribution in [2.75, 3.05) is 24.6 Å². The fourth-order valence-corrected chi connectivity index (χ4v) is 1.14. The summed E-state index contributed by atoms with van der Waals surface area (Å²) in [6.07, 6.45) is 4.79. The molecule has 92 valence electrons. The highest BCUT2D eigenvalue weighted by Gasteiger charge is 1.83. The largest absolute Gasteiger partial charge is 0.399 e. The smallest absolute Gasteiger partial charge is 0.0315 e. The van der Waals surface area contributed by atoms with Crippen LogP contribution < -0.4 is 22.9 Å². The highest BCUT2D eigenvalue weighted by Crippen LogP contribution is 2.04. The Bertz CT molecular complexity index is 219. The highest BCUT2D eigenvalue weighted by molar-refractivity contribution is 5.47. The van der Waals surface area contributed by atoms with E-state index in [9.17, 15) is 0 Å². The van der Waals surface area contributed by atoms with Crippen LogP contribution >= 0.6 is 0 Å². The Balaban J connectivity index is 0.000000281. The van der Waals surface area contributed by atoms with E-state index in [0.717, 1.165) is 37.3 Å². The second-order valence-electron chi connectivity index (χ2n) is 3.66. The molecule has 16 heavy (non-hydrogen) atoms. The molecule has 0 heterocycles. The average molecular weight is 224 g/mol. The summed E-state index contributed by atoms with van der Waals surface area (Å²) in [4.78, 5) is 0. The molecule has 0 fully saturated rings. The molecule has 0 aliphatic rings. The maximum atomic E-state index is 5.37. The van der Waals surface area contributed by atoms with Gasteiger partial charge in [-0.05, 0) is 50.2 Å². The van der Waals surface area contributed by atoms with Gasteiger partial charge in [0.2, 0.25) is 0 Å². The van der Waals surface area contributed by atoms with E-state index in [2.05, 4.69) is 0 Å². The zero-order valence-electron chi connectivity index (χ0n) is 9.86. The summed E-state index contributed by atoms with van der Waals surface area (Å²) in [6, 6.07) is 7.09. The Labute approximate surface area is 98.0 Å². The van der Waals surface area contributed by atoms with Gasteiger partial charge in [0.15, 0.2) is 0 Å². The third-order valence-corrected chi connectivity index (χ3v) is 2.09. The van der Waals surface area contributed by atoms with E-state index >= 15 is 0 Å². The molecule has 0 atom stereocenters. The summed E-state index contributed by atoms with van der Waals surface area (Å²) in [5.74, 6) is 0. The molecule has 4 nitrogen and oxygen atoms in total.